The molecule has 3 aromatic rings. The Morgan fingerprint density at radius 3 is 2.67 bits per heavy atom. The van der Waals surface area contributed by atoms with Gasteiger partial charge in [0.2, 0.25) is 0 Å². The van der Waals surface area contributed by atoms with Gasteiger partial charge in [-0.2, -0.15) is 11.3 Å². The Bertz CT molecular complexity index is 744. The van der Waals surface area contributed by atoms with Crippen molar-refractivity contribution in [3.05, 3.63) is 55.0 Å². The second kappa shape index (κ2) is 4.38. The summed E-state index contributed by atoms with van der Waals surface area (Å²) in [5.74, 6) is 0. The van der Waals surface area contributed by atoms with Crippen LogP contribution in [0.4, 0.5) is 0 Å². The molecule has 0 aliphatic carbocycles. The first kappa shape index (κ1) is 11.7. The van der Waals surface area contributed by atoms with E-state index in [2.05, 4.69) is 25.9 Å². The van der Waals surface area contributed by atoms with Crippen LogP contribution in [0.25, 0.3) is 11.0 Å². The zero-order valence-electron chi connectivity index (χ0n) is 9.24. The van der Waals surface area contributed by atoms with Crippen molar-refractivity contribution in [1.29, 1.82) is 0 Å². The van der Waals surface area contributed by atoms with E-state index in [9.17, 15) is 4.79 Å². The molecular weight excluding hydrogens is 314 g/mol. The van der Waals surface area contributed by atoms with E-state index in [0.29, 0.717) is 0 Å². The molecule has 2 heterocycles. The van der Waals surface area contributed by atoms with Crippen molar-refractivity contribution in [3.63, 3.8) is 0 Å². The summed E-state index contributed by atoms with van der Waals surface area (Å²) in [6, 6.07) is 5.58. The van der Waals surface area contributed by atoms with Gasteiger partial charge >= 0.3 is 5.69 Å². The number of benzene rings is 1. The molecule has 18 heavy (non-hydrogen) atoms. The number of rotatable bonds is 2. The lowest BCUT2D eigenvalue weighted by Gasteiger charge is -2.12. The molecule has 4 N–H and O–H groups in total. The molecule has 0 fully saturated rings. The van der Waals surface area contributed by atoms with Crippen LogP contribution in [0.15, 0.2) is 38.2 Å². The molecule has 0 radical (unpaired) electrons. The molecule has 6 heteroatoms. The van der Waals surface area contributed by atoms with Crippen molar-refractivity contribution in [2.45, 2.75) is 6.04 Å². The molecule has 1 aromatic carbocycles. The van der Waals surface area contributed by atoms with Crippen LogP contribution in [-0.2, 0) is 0 Å². The van der Waals surface area contributed by atoms with E-state index in [1.54, 1.807) is 11.3 Å². The first-order valence-corrected chi connectivity index (χ1v) is 7.08. The Morgan fingerprint density at radius 2 is 2.00 bits per heavy atom. The third kappa shape index (κ3) is 1.92. The Labute approximate surface area is 115 Å². The Hall–Kier alpha value is -1.37. The van der Waals surface area contributed by atoms with E-state index >= 15 is 0 Å². The number of aromatic amines is 2. The molecule has 3 rings (SSSR count). The fourth-order valence-corrected chi connectivity index (χ4v) is 3.23. The quantitative estimate of drug-likeness (QED) is 0.678. The van der Waals surface area contributed by atoms with Crippen molar-refractivity contribution < 1.29 is 0 Å². The topological polar surface area (TPSA) is 74.7 Å². The van der Waals surface area contributed by atoms with Crippen molar-refractivity contribution in [1.82, 2.24) is 9.97 Å². The summed E-state index contributed by atoms with van der Waals surface area (Å²) in [4.78, 5) is 16.7. The number of nitrogens with two attached hydrogens (primary N) is 1. The molecule has 0 bridgehead atoms. The van der Waals surface area contributed by atoms with Crippen molar-refractivity contribution >= 4 is 38.3 Å². The van der Waals surface area contributed by atoms with Crippen LogP contribution >= 0.6 is 27.3 Å². The van der Waals surface area contributed by atoms with Gasteiger partial charge in [0.25, 0.3) is 0 Å². The van der Waals surface area contributed by atoms with Crippen LogP contribution in [0.5, 0.6) is 0 Å². The van der Waals surface area contributed by atoms with Gasteiger partial charge in [0.1, 0.15) is 0 Å². The summed E-state index contributed by atoms with van der Waals surface area (Å²) in [7, 11) is 0. The normalized spacial score (nSPS) is 13.0. The Balaban J connectivity index is 2.16. The van der Waals surface area contributed by atoms with Crippen LogP contribution in [0.3, 0.4) is 0 Å². The second-order valence-electron chi connectivity index (χ2n) is 4.03. The van der Waals surface area contributed by atoms with Gasteiger partial charge in [-0.3, -0.25) is 0 Å². The molecule has 0 saturated carbocycles. The SMILES string of the molecule is NC(c1ccsc1)c1cc2[nH]c(=O)[nH]c2cc1Br. The van der Waals surface area contributed by atoms with Gasteiger partial charge in [-0.15, -0.1) is 0 Å². The zero-order chi connectivity index (χ0) is 12.7. The second-order valence-corrected chi connectivity index (χ2v) is 5.67. The largest absolute Gasteiger partial charge is 0.323 e. The average molecular weight is 324 g/mol. The van der Waals surface area contributed by atoms with Gasteiger partial charge < -0.3 is 15.7 Å². The minimum atomic E-state index is -0.210. The van der Waals surface area contributed by atoms with E-state index in [-0.39, 0.29) is 11.7 Å². The van der Waals surface area contributed by atoms with E-state index in [1.807, 2.05) is 29.0 Å². The fourth-order valence-electron chi connectivity index (χ4n) is 1.94. The molecule has 2 aromatic heterocycles. The maximum absolute atomic E-state index is 11.3. The summed E-state index contributed by atoms with van der Waals surface area (Å²) in [5.41, 5.74) is 9.59. The van der Waals surface area contributed by atoms with Crippen LogP contribution in [0.1, 0.15) is 17.2 Å². The lowest BCUT2D eigenvalue weighted by atomic mass is 10.0. The summed E-state index contributed by atoms with van der Waals surface area (Å²) >= 11 is 5.12. The molecule has 1 atom stereocenters. The van der Waals surface area contributed by atoms with Crippen LogP contribution in [0.2, 0.25) is 0 Å². The number of aromatic nitrogens is 2. The van der Waals surface area contributed by atoms with Crippen LogP contribution in [-0.4, -0.2) is 9.97 Å². The standard InChI is InChI=1S/C12H10BrN3OS/c13-8-4-10-9(15-12(17)16-10)3-7(8)11(14)6-1-2-18-5-6/h1-5,11H,14H2,(H2,15,16,17). The molecule has 0 saturated heterocycles. The van der Waals surface area contributed by atoms with Crippen molar-refractivity contribution in [2.75, 3.05) is 0 Å². The van der Waals surface area contributed by atoms with E-state index in [1.165, 1.54) is 0 Å². The highest BCUT2D eigenvalue weighted by atomic mass is 79.9. The van der Waals surface area contributed by atoms with Gasteiger partial charge in [0.05, 0.1) is 17.1 Å². The van der Waals surface area contributed by atoms with Crippen LogP contribution in [0, 0.1) is 0 Å². The number of fused-ring (bicyclic) bond motifs is 1. The van der Waals surface area contributed by atoms with Gasteiger partial charge in [-0.1, -0.05) is 15.9 Å². The van der Waals surface area contributed by atoms with E-state index in [4.69, 9.17) is 5.73 Å². The van der Waals surface area contributed by atoms with E-state index in [0.717, 1.165) is 26.6 Å². The highest BCUT2D eigenvalue weighted by molar-refractivity contribution is 9.10. The fraction of sp³-hybridized carbons (Fsp3) is 0.0833. The molecule has 1 unspecified atom stereocenters. The molecule has 0 spiro atoms. The number of nitrogens with one attached hydrogen (secondary N) is 2. The number of imidazole rings is 1. The van der Waals surface area contributed by atoms with Gasteiger partial charge in [-0.05, 0) is 40.1 Å². The van der Waals surface area contributed by atoms with Crippen molar-refractivity contribution in [2.24, 2.45) is 5.73 Å². The highest BCUT2D eigenvalue weighted by Crippen LogP contribution is 2.30. The van der Waals surface area contributed by atoms with Gasteiger partial charge in [0, 0.05) is 4.47 Å². The summed E-state index contributed by atoms with van der Waals surface area (Å²) in [6.07, 6.45) is 0. The molecule has 92 valence electrons. The predicted octanol–water partition coefficient (Wildman–Crippen LogP) is 2.73. The average Bonchev–Trinajstić information content (AvgIpc) is 2.94. The van der Waals surface area contributed by atoms with Gasteiger partial charge in [-0.25, -0.2) is 4.79 Å². The lowest BCUT2D eigenvalue weighted by molar-refractivity contribution is 0.873. The Morgan fingerprint density at radius 1 is 1.28 bits per heavy atom. The summed E-state index contributed by atoms with van der Waals surface area (Å²) < 4.78 is 0.893. The summed E-state index contributed by atoms with van der Waals surface area (Å²) in [5, 5.41) is 4.03. The first-order chi connectivity index (χ1) is 8.65. The zero-order valence-corrected chi connectivity index (χ0v) is 11.6. The first-order valence-electron chi connectivity index (χ1n) is 5.34. The maximum atomic E-state index is 11.3. The van der Waals surface area contributed by atoms with E-state index < -0.39 is 0 Å². The maximum Gasteiger partial charge on any atom is 0.323 e. The minimum absolute atomic E-state index is 0.201. The molecule has 4 nitrogen and oxygen atoms in total. The molecule has 0 aliphatic rings. The highest BCUT2D eigenvalue weighted by Gasteiger charge is 2.14. The third-order valence-electron chi connectivity index (χ3n) is 2.87. The smallest absolute Gasteiger partial charge is 0.320 e. The summed E-state index contributed by atoms with van der Waals surface area (Å²) in [6.45, 7) is 0. The number of thiophene rings is 1. The van der Waals surface area contributed by atoms with Gasteiger partial charge in [0.15, 0.2) is 0 Å². The minimum Gasteiger partial charge on any atom is -0.320 e. The number of hydrogen-bond acceptors (Lipinski definition) is 3. The number of halogens is 1. The lowest BCUT2D eigenvalue weighted by Crippen LogP contribution is -2.11. The number of H-pyrrole nitrogens is 2. The van der Waals surface area contributed by atoms with Crippen molar-refractivity contribution in [3.8, 4) is 0 Å². The predicted molar refractivity (Wildman–Crippen MR) is 77.0 cm³/mol. The third-order valence-corrected chi connectivity index (χ3v) is 4.26. The number of hydrogen-bond donors (Lipinski definition) is 3. The monoisotopic (exact) mass is 323 g/mol. The molecule has 0 aliphatic heterocycles. The molecular formula is C12H10BrN3OS. The Kier molecular flexibility index (Phi) is 2.85. The van der Waals surface area contributed by atoms with Crippen LogP contribution < -0.4 is 11.4 Å². The molecule has 0 amide bonds.